The molecule has 1 aliphatic heterocycles. The number of nitrogens with zero attached hydrogens (tertiary/aromatic N) is 2. The van der Waals surface area contributed by atoms with Crippen molar-refractivity contribution in [1.29, 1.82) is 0 Å². The van der Waals surface area contributed by atoms with E-state index < -0.39 is 11.9 Å². The maximum absolute atomic E-state index is 13.4. The van der Waals surface area contributed by atoms with Crippen molar-refractivity contribution < 1.29 is 18.4 Å². The van der Waals surface area contributed by atoms with Gasteiger partial charge in [-0.2, -0.15) is 0 Å². The van der Waals surface area contributed by atoms with Gasteiger partial charge in [0.2, 0.25) is 5.91 Å². The normalized spacial score (nSPS) is 18.4. The van der Waals surface area contributed by atoms with Crippen molar-refractivity contribution in [2.45, 2.75) is 45.3 Å². The number of benzene rings is 2. The fourth-order valence-corrected chi connectivity index (χ4v) is 4.48. The molecular weight excluding hydrogens is 438 g/mol. The van der Waals surface area contributed by atoms with Crippen molar-refractivity contribution in [2.75, 3.05) is 26.2 Å². The summed E-state index contributed by atoms with van der Waals surface area (Å²) in [6.45, 7) is 6.74. The Kier molecular flexibility index (Phi) is 9.12. The maximum Gasteiger partial charge on any atom is 0.254 e. The summed E-state index contributed by atoms with van der Waals surface area (Å²) in [5.41, 5.74) is 6.91. The van der Waals surface area contributed by atoms with Crippen molar-refractivity contribution >= 4 is 11.8 Å². The maximum atomic E-state index is 13.4. The van der Waals surface area contributed by atoms with Gasteiger partial charge in [-0.25, -0.2) is 8.78 Å². The van der Waals surface area contributed by atoms with Gasteiger partial charge in [0.25, 0.3) is 5.91 Å². The highest BCUT2D eigenvalue weighted by Crippen LogP contribution is 2.26. The van der Waals surface area contributed by atoms with Gasteiger partial charge >= 0.3 is 0 Å². The number of carbonyl (C=O) groups is 2. The number of halogens is 2. The van der Waals surface area contributed by atoms with Crippen LogP contribution in [0.4, 0.5) is 8.78 Å². The third kappa shape index (κ3) is 6.84. The Hall–Kier alpha value is -2.84. The van der Waals surface area contributed by atoms with E-state index in [2.05, 4.69) is 24.1 Å². The predicted molar refractivity (Wildman–Crippen MR) is 128 cm³/mol. The van der Waals surface area contributed by atoms with Crippen LogP contribution in [0.1, 0.15) is 42.6 Å². The summed E-state index contributed by atoms with van der Waals surface area (Å²) in [7, 11) is 0. The number of amides is 2. The van der Waals surface area contributed by atoms with Gasteiger partial charge in [0, 0.05) is 44.3 Å². The van der Waals surface area contributed by atoms with E-state index in [9.17, 15) is 18.4 Å². The minimum absolute atomic E-state index is 0.0679. The fourth-order valence-electron chi connectivity index (χ4n) is 4.48. The second-order valence-corrected chi connectivity index (χ2v) is 9.23. The average Bonchev–Trinajstić information content (AvgIpc) is 2.83. The highest BCUT2D eigenvalue weighted by atomic mass is 19.1. The molecule has 1 unspecified atom stereocenters. The van der Waals surface area contributed by atoms with E-state index in [0.717, 1.165) is 12.1 Å². The van der Waals surface area contributed by atoms with Crippen molar-refractivity contribution in [2.24, 2.45) is 11.7 Å². The zero-order chi connectivity index (χ0) is 24.7. The SMILES string of the molecule is CC(C)CN(Cc1ccc(F)cc1)C1CCN(C(=O)c2ccc(F)cc2)[C@@H](C(=O)NCCN)C1. The Morgan fingerprint density at radius 1 is 1.09 bits per heavy atom. The van der Waals surface area contributed by atoms with Gasteiger partial charge in [-0.1, -0.05) is 26.0 Å². The van der Waals surface area contributed by atoms with Crippen LogP contribution in [0.25, 0.3) is 0 Å². The third-order valence-electron chi connectivity index (χ3n) is 6.09. The van der Waals surface area contributed by atoms with Crippen LogP contribution in [0.5, 0.6) is 0 Å². The van der Waals surface area contributed by atoms with Gasteiger partial charge in [0.1, 0.15) is 17.7 Å². The minimum atomic E-state index is -0.661. The van der Waals surface area contributed by atoms with Crippen LogP contribution in [0.15, 0.2) is 48.5 Å². The standard InChI is InChI=1S/C26H34F2N4O2/c1-18(2)16-31(17-19-3-7-21(27)8-4-19)23-11-14-32(24(15-23)25(33)30-13-12-29)26(34)20-5-9-22(28)10-6-20/h3-10,18,23-24H,11-17,29H2,1-2H3,(H,30,33)/t23?,24-/m1/s1. The highest BCUT2D eigenvalue weighted by Gasteiger charge is 2.38. The number of carbonyl (C=O) groups excluding carboxylic acids is 2. The third-order valence-corrected chi connectivity index (χ3v) is 6.09. The van der Waals surface area contributed by atoms with Gasteiger partial charge < -0.3 is 16.0 Å². The molecule has 3 N–H and O–H groups in total. The van der Waals surface area contributed by atoms with Crippen LogP contribution in [0.3, 0.4) is 0 Å². The van der Waals surface area contributed by atoms with Crippen molar-refractivity contribution in [3.05, 3.63) is 71.3 Å². The first-order chi connectivity index (χ1) is 16.3. The van der Waals surface area contributed by atoms with Crippen LogP contribution in [-0.2, 0) is 11.3 Å². The molecule has 0 saturated carbocycles. The second kappa shape index (κ2) is 12.0. The topological polar surface area (TPSA) is 78.7 Å². The van der Waals surface area contributed by atoms with Crippen LogP contribution in [0, 0.1) is 17.6 Å². The summed E-state index contributed by atoms with van der Waals surface area (Å²) in [5.74, 6) is -0.831. The molecule has 0 spiro atoms. The molecule has 2 atom stereocenters. The van der Waals surface area contributed by atoms with Gasteiger partial charge in [-0.15, -0.1) is 0 Å². The number of hydrogen-bond acceptors (Lipinski definition) is 4. The Morgan fingerprint density at radius 2 is 1.71 bits per heavy atom. The fraction of sp³-hybridized carbons (Fsp3) is 0.462. The molecule has 0 aliphatic carbocycles. The summed E-state index contributed by atoms with van der Waals surface area (Å²) < 4.78 is 26.7. The molecule has 184 valence electrons. The Morgan fingerprint density at radius 3 is 2.29 bits per heavy atom. The van der Waals surface area contributed by atoms with E-state index in [1.54, 1.807) is 17.0 Å². The lowest BCUT2D eigenvalue weighted by Crippen LogP contribution is -2.57. The summed E-state index contributed by atoms with van der Waals surface area (Å²) in [6.07, 6.45) is 1.17. The largest absolute Gasteiger partial charge is 0.353 e. The highest BCUT2D eigenvalue weighted by molar-refractivity contribution is 5.97. The smallest absolute Gasteiger partial charge is 0.254 e. The van der Waals surface area contributed by atoms with E-state index in [1.807, 2.05) is 0 Å². The molecule has 2 aromatic carbocycles. The van der Waals surface area contributed by atoms with Crippen LogP contribution < -0.4 is 11.1 Å². The predicted octanol–water partition coefficient (Wildman–Crippen LogP) is 3.17. The molecule has 3 rings (SSSR count). The summed E-state index contributed by atoms with van der Waals surface area (Å²) in [6, 6.07) is 11.3. The quantitative estimate of drug-likeness (QED) is 0.588. The average molecular weight is 473 g/mol. The molecule has 1 aliphatic rings. The summed E-state index contributed by atoms with van der Waals surface area (Å²) in [4.78, 5) is 30.2. The van der Waals surface area contributed by atoms with Crippen molar-refractivity contribution in [3.63, 3.8) is 0 Å². The van der Waals surface area contributed by atoms with E-state index in [1.165, 1.54) is 36.4 Å². The molecule has 1 saturated heterocycles. The van der Waals surface area contributed by atoms with Crippen LogP contribution in [0.2, 0.25) is 0 Å². The van der Waals surface area contributed by atoms with E-state index >= 15 is 0 Å². The van der Waals surface area contributed by atoms with Crippen molar-refractivity contribution in [3.8, 4) is 0 Å². The molecule has 8 heteroatoms. The molecule has 2 amide bonds. The number of likely N-dealkylation sites (tertiary alicyclic amines) is 1. The molecule has 0 bridgehead atoms. The first-order valence-electron chi connectivity index (χ1n) is 11.8. The lowest BCUT2D eigenvalue weighted by Gasteiger charge is -2.43. The van der Waals surface area contributed by atoms with Gasteiger partial charge in [-0.05, 0) is 60.7 Å². The van der Waals surface area contributed by atoms with Gasteiger partial charge in [0.05, 0.1) is 0 Å². The van der Waals surface area contributed by atoms with E-state index in [0.29, 0.717) is 50.5 Å². The molecule has 1 heterocycles. The summed E-state index contributed by atoms with van der Waals surface area (Å²) in [5, 5.41) is 2.83. The molecule has 2 aromatic rings. The van der Waals surface area contributed by atoms with Gasteiger partial charge in [-0.3, -0.25) is 14.5 Å². The summed E-state index contributed by atoms with van der Waals surface area (Å²) >= 11 is 0. The van der Waals surface area contributed by atoms with Gasteiger partial charge in [0.15, 0.2) is 0 Å². The monoisotopic (exact) mass is 472 g/mol. The zero-order valence-electron chi connectivity index (χ0n) is 19.8. The molecule has 0 radical (unpaired) electrons. The molecule has 34 heavy (non-hydrogen) atoms. The van der Waals surface area contributed by atoms with Crippen LogP contribution in [-0.4, -0.2) is 59.9 Å². The number of piperidine rings is 1. The first-order valence-corrected chi connectivity index (χ1v) is 11.8. The van der Waals surface area contributed by atoms with Crippen LogP contribution >= 0.6 is 0 Å². The molecule has 6 nitrogen and oxygen atoms in total. The van der Waals surface area contributed by atoms with E-state index in [4.69, 9.17) is 5.73 Å². The first kappa shape index (κ1) is 25.8. The minimum Gasteiger partial charge on any atom is -0.353 e. The van der Waals surface area contributed by atoms with Crippen molar-refractivity contribution in [1.82, 2.24) is 15.1 Å². The lowest BCUT2D eigenvalue weighted by atomic mass is 9.93. The number of rotatable bonds is 9. The number of nitrogens with two attached hydrogens (primary N) is 1. The Bertz CT molecular complexity index is 950. The number of nitrogens with one attached hydrogen (secondary N) is 1. The lowest BCUT2D eigenvalue weighted by molar-refractivity contribution is -0.127. The molecule has 0 aromatic heterocycles. The van der Waals surface area contributed by atoms with E-state index in [-0.39, 0.29) is 23.7 Å². The second-order valence-electron chi connectivity index (χ2n) is 9.23. The Balaban J connectivity index is 1.82. The molecule has 1 fully saturated rings. The zero-order valence-corrected chi connectivity index (χ0v) is 19.8. The molecular formula is C26H34F2N4O2. The Labute approximate surface area is 200 Å². The number of hydrogen-bond donors (Lipinski definition) is 2.